The molecule has 4 heterocycles. The van der Waals surface area contributed by atoms with Crippen LogP contribution in [0.2, 0.25) is 0 Å². The second-order valence-electron chi connectivity index (χ2n) is 7.99. The predicted molar refractivity (Wildman–Crippen MR) is 97.1 cm³/mol. The van der Waals surface area contributed by atoms with Crippen molar-refractivity contribution < 1.29 is 4.74 Å². The molecule has 0 bridgehead atoms. The summed E-state index contributed by atoms with van der Waals surface area (Å²) >= 11 is 0. The Labute approximate surface area is 156 Å². The fraction of sp³-hybridized carbons (Fsp3) is 0.579. The van der Waals surface area contributed by atoms with E-state index in [9.17, 15) is 9.59 Å². The Morgan fingerprint density at radius 3 is 2.85 bits per heavy atom. The second kappa shape index (κ2) is 6.38. The summed E-state index contributed by atoms with van der Waals surface area (Å²) < 4.78 is 9.08. The van der Waals surface area contributed by atoms with E-state index < -0.39 is 16.7 Å². The highest BCUT2D eigenvalue weighted by Gasteiger charge is 2.43. The number of likely N-dealkylation sites (tertiary alicyclic amines) is 1. The summed E-state index contributed by atoms with van der Waals surface area (Å²) in [6.07, 6.45) is 4.85. The van der Waals surface area contributed by atoms with Gasteiger partial charge in [-0.3, -0.25) is 24.0 Å². The fourth-order valence-electron chi connectivity index (χ4n) is 4.10. The van der Waals surface area contributed by atoms with Gasteiger partial charge >= 0.3 is 11.1 Å². The Morgan fingerprint density at radius 2 is 2.07 bits per heavy atom. The summed E-state index contributed by atoms with van der Waals surface area (Å²) in [5.74, 6) is 1.05. The molecule has 8 nitrogen and oxygen atoms in total. The maximum atomic E-state index is 12.7. The highest BCUT2D eigenvalue weighted by Crippen LogP contribution is 2.32. The Balaban J connectivity index is 1.36. The number of nitrogens with zero attached hydrogens (tertiary/aromatic N) is 5. The predicted octanol–water partition coefficient (Wildman–Crippen LogP) is 0.385. The molecule has 2 aliphatic heterocycles. The van der Waals surface area contributed by atoms with Gasteiger partial charge in [-0.25, -0.2) is 4.68 Å². The molecule has 1 saturated heterocycles. The summed E-state index contributed by atoms with van der Waals surface area (Å²) in [6.45, 7) is 3.58. The van der Waals surface area contributed by atoms with E-state index in [1.807, 2.05) is 18.2 Å². The molecule has 0 unspecified atom stereocenters. The quantitative estimate of drug-likeness (QED) is 0.725. The molecule has 2 fully saturated rings. The van der Waals surface area contributed by atoms with Crippen molar-refractivity contribution in [2.75, 3.05) is 13.1 Å². The number of rotatable bonds is 4. The highest BCUT2D eigenvalue weighted by molar-refractivity contribution is 5.06. The molecule has 1 spiro atoms. The number of aromatic nitrogens is 4. The third kappa shape index (κ3) is 3.23. The van der Waals surface area contributed by atoms with Crippen LogP contribution in [-0.2, 0) is 31.0 Å². The van der Waals surface area contributed by atoms with Gasteiger partial charge < -0.3 is 4.74 Å². The number of hydrogen-bond donors (Lipinski definition) is 0. The molecule has 142 valence electrons. The number of fused-ring (bicyclic) bond motifs is 1. The fourth-order valence-corrected chi connectivity index (χ4v) is 4.10. The van der Waals surface area contributed by atoms with Crippen molar-refractivity contribution in [2.24, 2.45) is 5.92 Å². The molecule has 1 aliphatic carbocycles. The first-order valence-electron chi connectivity index (χ1n) is 9.59. The largest absolute Gasteiger partial charge is 0.364 e. The normalized spacial score (nSPS) is 25.0. The first-order chi connectivity index (χ1) is 13.1. The molecular weight excluding hydrogens is 346 g/mol. The zero-order valence-electron chi connectivity index (χ0n) is 15.2. The van der Waals surface area contributed by atoms with Gasteiger partial charge in [0.2, 0.25) is 0 Å². The van der Waals surface area contributed by atoms with Gasteiger partial charge in [-0.2, -0.15) is 5.10 Å². The van der Waals surface area contributed by atoms with Crippen molar-refractivity contribution in [1.29, 1.82) is 0 Å². The van der Waals surface area contributed by atoms with Crippen LogP contribution in [0, 0.1) is 5.92 Å². The van der Waals surface area contributed by atoms with Crippen LogP contribution in [0.5, 0.6) is 0 Å². The molecule has 2 aromatic rings. The minimum atomic E-state index is -0.508. The molecule has 0 amide bonds. The topological polar surface area (TPSA) is 82.2 Å². The van der Waals surface area contributed by atoms with E-state index in [2.05, 4.69) is 15.0 Å². The van der Waals surface area contributed by atoms with Crippen LogP contribution in [0.15, 0.2) is 34.0 Å². The van der Waals surface area contributed by atoms with Gasteiger partial charge in [-0.1, -0.05) is 6.07 Å². The van der Waals surface area contributed by atoms with Crippen LogP contribution < -0.4 is 11.1 Å². The van der Waals surface area contributed by atoms with Gasteiger partial charge in [0.1, 0.15) is 12.2 Å². The van der Waals surface area contributed by atoms with Gasteiger partial charge in [-0.15, -0.1) is 0 Å². The smallest absolute Gasteiger partial charge is 0.332 e. The van der Waals surface area contributed by atoms with Gasteiger partial charge in [0.15, 0.2) is 5.82 Å². The molecule has 3 aliphatic rings. The monoisotopic (exact) mass is 369 g/mol. The van der Waals surface area contributed by atoms with Crippen LogP contribution in [0.1, 0.15) is 30.8 Å². The number of pyridine rings is 1. The lowest BCUT2D eigenvalue weighted by Gasteiger charge is -2.35. The zero-order chi connectivity index (χ0) is 18.4. The summed E-state index contributed by atoms with van der Waals surface area (Å²) in [4.78, 5) is 31.8. The van der Waals surface area contributed by atoms with Crippen molar-refractivity contribution in [3.05, 3.63) is 56.6 Å². The minimum Gasteiger partial charge on any atom is -0.364 e. The van der Waals surface area contributed by atoms with Gasteiger partial charge in [0.25, 0.3) is 0 Å². The molecule has 27 heavy (non-hydrogen) atoms. The Kier molecular flexibility index (Phi) is 3.98. The molecule has 0 radical (unpaired) electrons. The lowest BCUT2D eigenvalue weighted by Crippen LogP contribution is -2.53. The van der Waals surface area contributed by atoms with Gasteiger partial charge in [0, 0.05) is 32.4 Å². The standard InChI is InChI=1S/C19H23N5O3/c25-17-18(26)24(9-14-4-5-14)21-16-11-27-19(13-23(16)17)6-8-22(12-19)10-15-3-1-2-7-20-15/h1-3,7,14H,4-6,8-13H2/t19-/m1/s1. The van der Waals surface area contributed by atoms with Crippen molar-refractivity contribution in [1.82, 2.24) is 24.2 Å². The van der Waals surface area contributed by atoms with Crippen LogP contribution in [-0.4, -0.2) is 42.9 Å². The maximum Gasteiger partial charge on any atom is 0.332 e. The molecule has 1 atom stereocenters. The lowest BCUT2D eigenvalue weighted by molar-refractivity contribution is -0.0859. The van der Waals surface area contributed by atoms with Crippen molar-refractivity contribution in [2.45, 2.75) is 51.1 Å². The first kappa shape index (κ1) is 16.8. The minimum absolute atomic E-state index is 0.275. The van der Waals surface area contributed by atoms with Crippen LogP contribution in [0.25, 0.3) is 0 Å². The Morgan fingerprint density at radius 1 is 1.19 bits per heavy atom. The second-order valence-corrected chi connectivity index (χ2v) is 7.99. The van der Waals surface area contributed by atoms with E-state index in [0.717, 1.165) is 44.6 Å². The van der Waals surface area contributed by atoms with E-state index in [1.54, 1.807) is 10.8 Å². The lowest BCUT2D eigenvalue weighted by atomic mass is 10.0. The third-order valence-electron chi connectivity index (χ3n) is 5.80. The zero-order valence-corrected chi connectivity index (χ0v) is 15.2. The van der Waals surface area contributed by atoms with Crippen LogP contribution >= 0.6 is 0 Å². The van der Waals surface area contributed by atoms with E-state index >= 15 is 0 Å². The third-order valence-corrected chi connectivity index (χ3v) is 5.80. The molecule has 0 N–H and O–H groups in total. The van der Waals surface area contributed by atoms with E-state index in [1.165, 1.54) is 4.68 Å². The van der Waals surface area contributed by atoms with E-state index in [-0.39, 0.29) is 6.61 Å². The van der Waals surface area contributed by atoms with Gasteiger partial charge in [-0.05, 0) is 37.3 Å². The maximum absolute atomic E-state index is 12.7. The Hall–Kier alpha value is -2.32. The van der Waals surface area contributed by atoms with Crippen molar-refractivity contribution in [3.63, 3.8) is 0 Å². The average molecular weight is 369 g/mol. The summed E-state index contributed by atoms with van der Waals surface area (Å²) in [5, 5.41) is 4.41. The highest BCUT2D eigenvalue weighted by atomic mass is 16.5. The average Bonchev–Trinajstić information content (AvgIpc) is 3.42. The summed E-state index contributed by atoms with van der Waals surface area (Å²) in [7, 11) is 0. The molecule has 5 rings (SSSR count). The van der Waals surface area contributed by atoms with Gasteiger partial charge in [0.05, 0.1) is 12.2 Å². The molecular formula is C19H23N5O3. The van der Waals surface area contributed by atoms with Crippen LogP contribution in [0.3, 0.4) is 0 Å². The number of ether oxygens (including phenoxy) is 1. The first-order valence-corrected chi connectivity index (χ1v) is 9.59. The molecule has 0 aromatic carbocycles. The molecule has 1 saturated carbocycles. The van der Waals surface area contributed by atoms with Crippen LogP contribution in [0.4, 0.5) is 0 Å². The summed E-state index contributed by atoms with van der Waals surface area (Å²) in [5.41, 5.74) is -0.382. The van der Waals surface area contributed by atoms with E-state index in [4.69, 9.17) is 4.74 Å². The summed E-state index contributed by atoms with van der Waals surface area (Å²) in [6, 6.07) is 5.91. The van der Waals surface area contributed by atoms with Crippen molar-refractivity contribution in [3.8, 4) is 0 Å². The SMILES string of the molecule is O=c1c(=O)n2c(nn1CC1CC1)CO[C@@]1(CCN(Cc3ccccn3)C1)C2. The molecule has 2 aromatic heterocycles. The van der Waals surface area contributed by atoms with Crippen molar-refractivity contribution >= 4 is 0 Å². The molecule has 8 heteroatoms. The number of hydrogen-bond acceptors (Lipinski definition) is 6. The Bertz CT molecular complexity index is 966. The van der Waals surface area contributed by atoms with E-state index in [0.29, 0.717) is 24.8 Å².